The molecule has 1 atom stereocenters. The first-order valence-corrected chi connectivity index (χ1v) is 16.6. The Morgan fingerprint density at radius 2 is 1.63 bits per heavy atom. The Balaban J connectivity index is 1.43. The van der Waals surface area contributed by atoms with Gasteiger partial charge in [0.15, 0.2) is 0 Å². The molecule has 11 nitrogen and oxygen atoms in total. The van der Waals surface area contributed by atoms with Crippen LogP contribution in [0.4, 0.5) is 16.2 Å². The number of sulfonamides is 1. The number of nitrogens with one attached hydrogen (secondary N) is 2. The fraction of sp³-hybridized carbons (Fsp3) is 0.483. The molecule has 0 bridgehead atoms. The molecule has 1 unspecified atom stereocenters. The molecule has 2 heterocycles. The number of ether oxygens (including phenoxy) is 1. The molecule has 0 aliphatic carbocycles. The maximum atomic E-state index is 13.8. The van der Waals surface area contributed by atoms with E-state index in [4.69, 9.17) is 27.9 Å². The highest BCUT2D eigenvalue weighted by Gasteiger charge is 2.40. The van der Waals surface area contributed by atoms with Crippen molar-refractivity contribution in [3.63, 3.8) is 0 Å². The Labute approximate surface area is 262 Å². The number of rotatable bonds is 8. The van der Waals surface area contributed by atoms with Crippen LogP contribution in [0.3, 0.4) is 0 Å². The van der Waals surface area contributed by atoms with Crippen LogP contribution in [0.5, 0.6) is 0 Å². The first-order valence-electron chi connectivity index (χ1n) is 13.9. The van der Waals surface area contributed by atoms with E-state index >= 15 is 0 Å². The Morgan fingerprint density at radius 1 is 0.977 bits per heavy atom. The predicted molar refractivity (Wildman–Crippen MR) is 167 cm³/mol. The predicted octanol–water partition coefficient (Wildman–Crippen LogP) is 3.61. The minimum Gasteiger partial charge on any atom is -0.444 e. The van der Waals surface area contributed by atoms with E-state index in [1.54, 1.807) is 56.0 Å². The summed E-state index contributed by atoms with van der Waals surface area (Å²) in [7, 11) is -3.47. The van der Waals surface area contributed by atoms with Gasteiger partial charge in [0.2, 0.25) is 21.8 Å². The number of hydrogen-bond acceptors (Lipinski definition) is 7. The third-order valence-corrected chi connectivity index (χ3v) is 8.40. The summed E-state index contributed by atoms with van der Waals surface area (Å²) in [5.41, 5.74) is 1.28. The largest absolute Gasteiger partial charge is 0.444 e. The lowest BCUT2D eigenvalue weighted by atomic mass is 9.98. The molecule has 234 valence electrons. The third-order valence-electron chi connectivity index (χ3n) is 7.07. The van der Waals surface area contributed by atoms with Crippen LogP contribution in [0.15, 0.2) is 42.5 Å². The van der Waals surface area contributed by atoms with E-state index in [9.17, 15) is 22.8 Å². The van der Waals surface area contributed by atoms with Crippen molar-refractivity contribution in [2.75, 3.05) is 55.1 Å². The molecular weight excluding hydrogens is 617 g/mol. The summed E-state index contributed by atoms with van der Waals surface area (Å²) in [6, 6.07) is 11.3. The lowest BCUT2D eigenvalue weighted by molar-refractivity contribution is -0.139. The van der Waals surface area contributed by atoms with Gasteiger partial charge in [0, 0.05) is 45.7 Å². The molecule has 43 heavy (non-hydrogen) atoms. The number of hydrogen-bond donors (Lipinski definition) is 2. The molecule has 14 heteroatoms. The molecule has 2 aliphatic heterocycles. The number of halogens is 2. The zero-order valence-electron chi connectivity index (χ0n) is 24.6. The van der Waals surface area contributed by atoms with Gasteiger partial charge in [-0.1, -0.05) is 41.4 Å². The Bertz CT molecular complexity index is 1470. The van der Waals surface area contributed by atoms with Crippen LogP contribution in [0, 0.1) is 5.92 Å². The number of amides is 3. The van der Waals surface area contributed by atoms with Crippen molar-refractivity contribution >= 4 is 62.5 Å². The number of carbonyl (C=O) groups is 3. The third kappa shape index (κ3) is 8.90. The molecule has 2 fully saturated rings. The van der Waals surface area contributed by atoms with Gasteiger partial charge in [-0.3, -0.25) is 14.3 Å². The Kier molecular flexibility index (Phi) is 10.0. The zero-order chi connectivity index (χ0) is 31.5. The van der Waals surface area contributed by atoms with E-state index < -0.39 is 33.7 Å². The van der Waals surface area contributed by atoms with E-state index in [0.29, 0.717) is 41.9 Å². The minimum absolute atomic E-state index is 0.200. The Hall–Kier alpha value is -3.22. The summed E-state index contributed by atoms with van der Waals surface area (Å²) >= 11 is 12.3. The molecule has 2 aromatic rings. The molecule has 0 saturated carbocycles. The molecule has 0 aromatic heterocycles. The van der Waals surface area contributed by atoms with Crippen molar-refractivity contribution < 1.29 is 27.5 Å². The molecule has 2 aliphatic rings. The van der Waals surface area contributed by atoms with E-state index in [1.165, 1.54) is 4.90 Å². The van der Waals surface area contributed by atoms with Crippen molar-refractivity contribution in [1.82, 2.24) is 15.1 Å². The number of piperazine rings is 1. The SMILES string of the molecule is CC(C)(C)OC(=O)N1CC(C(=O)NC(Cc2ccc(Cl)c(Cl)c2)C(=O)N2CCN(c3ccccc3NS(C)(=O)=O)CC2)C1. The number of carbonyl (C=O) groups excluding carboxylic acids is 3. The van der Waals surface area contributed by atoms with Crippen molar-refractivity contribution in [3.05, 3.63) is 58.1 Å². The van der Waals surface area contributed by atoms with Gasteiger partial charge in [0.1, 0.15) is 11.6 Å². The summed E-state index contributed by atoms with van der Waals surface area (Å²) in [6.07, 6.45) is 0.818. The lowest BCUT2D eigenvalue weighted by Crippen LogP contribution is -2.60. The molecular formula is C29H37Cl2N5O6S. The molecule has 0 radical (unpaired) electrons. The van der Waals surface area contributed by atoms with Gasteiger partial charge in [-0.25, -0.2) is 13.2 Å². The second-order valence-corrected chi connectivity index (χ2v) is 14.4. The van der Waals surface area contributed by atoms with Gasteiger partial charge < -0.3 is 24.8 Å². The lowest BCUT2D eigenvalue weighted by Gasteiger charge is -2.40. The molecule has 2 aromatic carbocycles. The van der Waals surface area contributed by atoms with Crippen molar-refractivity contribution in [2.24, 2.45) is 5.92 Å². The first kappa shape index (κ1) is 32.7. The number of likely N-dealkylation sites (tertiary alicyclic amines) is 1. The number of nitrogens with zero attached hydrogens (tertiary/aromatic N) is 3. The monoisotopic (exact) mass is 653 g/mol. The molecule has 4 rings (SSSR count). The maximum Gasteiger partial charge on any atom is 0.410 e. The van der Waals surface area contributed by atoms with Gasteiger partial charge in [-0.2, -0.15) is 0 Å². The van der Waals surface area contributed by atoms with Crippen molar-refractivity contribution in [2.45, 2.75) is 38.8 Å². The summed E-state index contributed by atoms with van der Waals surface area (Å²) in [6.45, 7) is 7.41. The van der Waals surface area contributed by atoms with Crippen LogP contribution < -0.4 is 14.9 Å². The summed E-state index contributed by atoms with van der Waals surface area (Å²) in [5, 5.41) is 3.64. The quantitative estimate of drug-likeness (QED) is 0.445. The Morgan fingerprint density at radius 3 is 2.23 bits per heavy atom. The first-order chi connectivity index (χ1) is 20.1. The van der Waals surface area contributed by atoms with E-state index in [0.717, 1.165) is 17.5 Å². The van der Waals surface area contributed by atoms with Crippen LogP contribution in [0.25, 0.3) is 0 Å². The maximum absolute atomic E-state index is 13.8. The standard InChI is InChI=1S/C29H37Cl2N5O6S/c1-29(2,3)42-28(39)36-17-20(18-36)26(37)32-24(16-19-9-10-21(30)22(31)15-19)27(38)35-13-11-34(12-14-35)25-8-6-5-7-23(25)33-43(4,40)41/h5-10,15,20,24,33H,11-14,16-18H2,1-4H3,(H,32,37). The van der Waals surface area contributed by atoms with Gasteiger partial charge in [-0.15, -0.1) is 0 Å². The molecule has 3 amide bonds. The fourth-order valence-corrected chi connectivity index (χ4v) is 5.83. The normalized spacial score (nSPS) is 16.7. The second-order valence-electron chi connectivity index (χ2n) is 11.8. The summed E-state index contributed by atoms with van der Waals surface area (Å²) in [5.74, 6) is -1.03. The van der Waals surface area contributed by atoms with Crippen LogP contribution in [-0.4, -0.2) is 93.3 Å². The summed E-state index contributed by atoms with van der Waals surface area (Å²) in [4.78, 5) is 44.5. The second kappa shape index (κ2) is 13.2. The van der Waals surface area contributed by atoms with Crippen LogP contribution in [0.1, 0.15) is 26.3 Å². The number of benzene rings is 2. The average Bonchev–Trinajstić information content (AvgIpc) is 2.87. The van der Waals surface area contributed by atoms with Crippen LogP contribution in [-0.2, 0) is 30.8 Å². The van der Waals surface area contributed by atoms with Crippen molar-refractivity contribution in [1.29, 1.82) is 0 Å². The minimum atomic E-state index is -3.47. The van der Waals surface area contributed by atoms with E-state index in [-0.39, 0.29) is 31.3 Å². The van der Waals surface area contributed by atoms with Gasteiger partial charge >= 0.3 is 6.09 Å². The van der Waals surface area contributed by atoms with Gasteiger partial charge in [0.25, 0.3) is 0 Å². The fourth-order valence-electron chi connectivity index (χ4n) is 4.94. The van der Waals surface area contributed by atoms with Gasteiger partial charge in [-0.05, 0) is 50.6 Å². The highest BCUT2D eigenvalue weighted by molar-refractivity contribution is 7.92. The van der Waals surface area contributed by atoms with Crippen LogP contribution >= 0.6 is 23.2 Å². The molecule has 2 N–H and O–H groups in total. The van der Waals surface area contributed by atoms with Crippen molar-refractivity contribution in [3.8, 4) is 0 Å². The zero-order valence-corrected chi connectivity index (χ0v) is 26.9. The average molecular weight is 655 g/mol. The van der Waals surface area contributed by atoms with Crippen LogP contribution in [0.2, 0.25) is 10.0 Å². The van der Waals surface area contributed by atoms with E-state index in [2.05, 4.69) is 10.0 Å². The smallest absolute Gasteiger partial charge is 0.410 e. The highest BCUT2D eigenvalue weighted by Crippen LogP contribution is 2.28. The van der Waals surface area contributed by atoms with Gasteiger partial charge in [0.05, 0.1) is 33.6 Å². The molecule has 0 spiro atoms. The van der Waals surface area contributed by atoms with E-state index in [1.807, 2.05) is 17.0 Å². The summed E-state index contributed by atoms with van der Waals surface area (Å²) < 4.78 is 31.6. The number of para-hydroxylation sites is 2. The highest BCUT2D eigenvalue weighted by atomic mass is 35.5. The molecule has 2 saturated heterocycles. The topological polar surface area (TPSA) is 128 Å². The number of anilines is 2.